The highest BCUT2D eigenvalue weighted by molar-refractivity contribution is 5.40. The summed E-state index contributed by atoms with van der Waals surface area (Å²) >= 11 is 0. The van der Waals surface area contributed by atoms with Gasteiger partial charge < -0.3 is 9.47 Å². The number of allylic oxidation sites excluding steroid dienone is 2. The van der Waals surface area contributed by atoms with Crippen LogP contribution in [0.25, 0.3) is 0 Å². The topological polar surface area (TPSA) is 42.2 Å². The Balaban J connectivity index is 3.36. The van der Waals surface area contributed by atoms with Crippen LogP contribution in [-0.4, -0.2) is 20.3 Å². The maximum atomic E-state index is 9.77. The van der Waals surface area contributed by atoms with Crippen molar-refractivity contribution >= 4 is 0 Å². The van der Waals surface area contributed by atoms with Gasteiger partial charge in [-0.1, -0.05) is 33.3 Å². The number of nitriles is 1. The average molecular weight is 277 g/mol. The van der Waals surface area contributed by atoms with Gasteiger partial charge in [-0.25, -0.2) is 0 Å². The van der Waals surface area contributed by atoms with E-state index in [1.807, 2.05) is 6.92 Å². The zero-order valence-corrected chi connectivity index (χ0v) is 13.6. The summed E-state index contributed by atoms with van der Waals surface area (Å²) in [5.74, 6) is 1.04. The maximum Gasteiger partial charge on any atom is 0.128 e. The minimum absolute atomic E-state index is 0.101. The summed E-state index contributed by atoms with van der Waals surface area (Å²) in [4.78, 5) is 0. The number of ether oxygens (including phenoxy) is 2. The van der Waals surface area contributed by atoms with Crippen molar-refractivity contribution < 1.29 is 9.47 Å². The van der Waals surface area contributed by atoms with Crippen molar-refractivity contribution in [2.24, 2.45) is 11.3 Å². The smallest absolute Gasteiger partial charge is 0.128 e. The molecule has 0 aromatic rings. The normalized spacial score (nSPS) is 25.8. The molecule has 0 N–H and O–H groups in total. The highest BCUT2D eigenvalue weighted by Gasteiger charge is 2.41. The SMILES string of the molecule is CCCC(C#N)(CC)C1=CC(C)=C(OC)C(OC)C1C. The fraction of sp³-hybridized carbons (Fsp3) is 0.706. The Morgan fingerprint density at radius 1 is 1.35 bits per heavy atom. The van der Waals surface area contributed by atoms with Crippen LogP contribution in [0.3, 0.4) is 0 Å². The van der Waals surface area contributed by atoms with E-state index in [1.54, 1.807) is 14.2 Å². The molecule has 3 atom stereocenters. The van der Waals surface area contributed by atoms with Crippen molar-refractivity contribution in [2.45, 2.75) is 53.1 Å². The zero-order valence-electron chi connectivity index (χ0n) is 13.6. The van der Waals surface area contributed by atoms with E-state index >= 15 is 0 Å². The Labute approximate surface area is 123 Å². The average Bonchev–Trinajstić information content (AvgIpc) is 2.46. The van der Waals surface area contributed by atoms with Crippen LogP contribution in [0.15, 0.2) is 23.0 Å². The Morgan fingerprint density at radius 3 is 2.40 bits per heavy atom. The van der Waals surface area contributed by atoms with E-state index in [2.05, 4.69) is 32.9 Å². The Kier molecular flexibility index (Phi) is 5.83. The summed E-state index contributed by atoms with van der Waals surface area (Å²) in [6.45, 7) is 8.38. The van der Waals surface area contributed by atoms with Crippen LogP contribution in [0, 0.1) is 22.7 Å². The van der Waals surface area contributed by atoms with Crippen molar-refractivity contribution in [2.75, 3.05) is 14.2 Å². The zero-order chi connectivity index (χ0) is 15.3. The summed E-state index contributed by atoms with van der Waals surface area (Å²) in [7, 11) is 3.38. The van der Waals surface area contributed by atoms with Crippen LogP contribution in [0.5, 0.6) is 0 Å². The van der Waals surface area contributed by atoms with Gasteiger partial charge in [0.2, 0.25) is 0 Å². The highest BCUT2D eigenvalue weighted by Crippen LogP contribution is 2.45. The molecule has 0 aliphatic heterocycles. The lowest BCUT2D eigenvalue weighted by Gasteiger charge is -2.38. The molecule has 0 saturated carbocycles. The maximum absolute atomic E-state index is 9.77. The first-order chi connectivity index (χ1) is 9.51. The van der Waals surface area contributed by atoms with Gasteiger partial charge in [0.15, 0.2) is 0 Å². The molecule has 0 fully saturated rings. The molecule has 0 aromatic carbocycles. The highest BCUT2D eigenvalue weighted by atomic mass is 16.5. The first-order valence-electron chi connectivity index (χ1n) is 7.42. The Bertz CT molecular complexity index is 444. The lowest BCUT2D eigenvalue weighted by Crippen LogP contribution is -2.36. The van der Waals surface area contributed by atoms with Gasteiger partial charge in [-0.3, -0.25) is 0 Å². The summed E-state index contributed by atoms with van der Waals surface area (Å²) in [6, 6.07) is 2.58. The molecule has 112 valence electrons. The fourth-order valence-corrected chi connectivity index (χ4v) is 3.36. The standard InChI is InChI=1S/C17H27NO2/c1-7-9-17(8-2,11-18)14-10-12(3)15(19-5)16(20-6)13(14)4/h10,13,16H,7-9H2,1-6H3. The van der Waals surface area contributed by atoms with Gasteiger partial charge in [-0.15, -0.1) is 0 Å². The molecule has 3 unspecified atom stereocenters. The van der Waals surface area contributed by atoms with Crippen molar-refractivity contribution in [1.29, 1.82) is 5.26 Å². The predicted octanol–water partition coefficient (Wildman–Crippen LogP) is 4.22. The third-order valence-corrected chi connectivity index (χ3v) is 4.48. The van der Waals surface area contributed by atoms with E-state index in [9.17, 15) is 5.26 Å². The second-order valence-electron chi connectivity index (χ2n) is 5.59. The molecule has 20 heavy (non-hydrogen) atoms. The second-order valence-corrected chi connectivity index (χ2v) is 5.59. The molecule has 1 aliphatic carbocycles. The lowest BCUT2D eigenvalue weighted by molar-refractivity contribution is 0.0429. The molecule has 3 nitrogen and oxygen atoms in total. The number of rotatable bonds is 6. The number of hydrogen-bond donors (Lipinski definition) is 0. The molecule has 0 aromatic heterocycles. The molecule has 3 heteroatoms. The largest absolute Gasteiger partial charge is 0.498 e. The fourth-order valence-electron chi connectivity index (χ4n) is 3.36. The van der Waals surface area contributed by atoms with Gasteiger partial charge >= 0.3 is 0 Å². The molecule has 1 rings (SSSR count). The molecule has 1 aliphatic rings. The summed E-state index contributed by atoms with van der Waals surface area (Å²) in [5.41, 5.74) is 1.87. The summed E-state index contributed by atoms with van der Waals surface area (Å²) < 4.78 is 11.1. The van der Waals surface area contributed by atoms with E-state index in [1.165, 1.54) is 5.57 Å². The van der Waals surface area contributed by atoms with Crippen LogP contribution < -0.4 is 0 Å². The van der Waals surface area contributed by atoms with E-state index < -0.39 is 0 Å². The molecule has 0 spiro atoms. The van der Waals surface area contributed by atoms with Crippen LogP contribution in [-0.2, 0) is 9.47 Å². The molecule has 0 radical (unpaired) electrons. The number of methoxy groups -OCH3 is 2. The Hall–Kier alpha value is -1.27. The second kappa shape index (κ2) is 6.95. The summed E-state index contributed by atoms with van der Waals surface area (Å²) in [5, 5.41) is 9.77. The van der Waals surface area contributed by atoms with Crippen LogP contribution in [0.1, 0.15) is 47.0 Å². The van der Waals surface area contributed by atoms with Crippen LogP contribution in [0.4, 0.5) is 0 Å². The number of hydrogen-bond acceptors (Lipinski definition) is 3. The van der Waals surface area contributed by atoms with Crippen molar-refractivity contribution in [3.63, 3.8) is 0 Å². The molecule has 0 amide bonds. The molecule has 0 heterocycles. The van der Waals surface area contributed by atoms with Crippen LogP contribution >= 0.6 is 0 Å². The van der Waals surface area contributed by atoms with Crippen molar-refractivity contribution in [3.8, 4) is 6.07 Å². The van der Waals surface area contributed by atoms with Gasteiger partial charge in [0.1, 0.15) is 11.9 Å². The van der Waals surface area contributed by atoms with Gasteiger partial charge in [0.25, 0.3) is 0 Å². The van der Waals surface area contributed by atoms with Gasteiger partial charge in [0, 0.05) is 13.0 Å². The minimum atomic E-state index is -0.383. The van der Waals surface area contributed by atoms with Crippen molar-refractivity contribution in [1.82, 2.24) is 0 Å². The molecular weight excluding hydrogens is 250 g/mol. The van der Waals surface area contributed by atoms with E-state index in [0.717, 1.165) is 30.6 Å². The third-order valence-electron chi connectivity index (χ3n) is 4.48. The Morgan fingerprint density at radius 2 is 2.00 bits per heavy atom. The first-order valence-corrected chi connectivity index (χ1v) is 7.42. The molecular formula is C17H27NO2. The monoisotopic (exact) mass is 277 g/mol. The van der Waals surface area contributed by atoms with E-state index in [0.29, 0.717) is 0 Å². The summed E-state index contributed by atoms with van der Waals surface area (Å²) in [6.07, 6.45) is 4.77. The predicted molar refractivity (Wildman–Crippen MR) is 81.0 cm³/mol. The van der Waals surface area contributed by atoms with Gasteiger partial charge in [-0.2, -0.15) is 5.26 Å². The lowest BCUT2D eigenvalue weighted by atomic mass is 9.67. The third kappa shape index (κ3) is 2.76. The number of nitrogens with zero attached hydrogens (tertiary/aromatic N) is 1. The first kappa shape index (κ1) is 16.8. The van der Waals surface area contributed by atoms with Crippen molar-refractivity contribution in [3.05, 3.63) is 23.0 Å². The van der Waals surface area contributed by atoms with E-state index in [4.69, 9.17) is 9.47 Å². The van der Waals surface area contributed by atoms with Gasteiger partial charge in [-0.05, 0) is 30.9 Å². The molecule has 0 bridgehead atoms. The van der Waals surface area contributed by atoms with E-state index in [-0.39, 0.29) is 17.4 Å². The minimum Gasteiger partial charge on any atom is -0.498 e. The van der Waals surface area contributed by atoms with Crippen LogP contribution in [0.2, 0.25) is 0 Å². The van der Waals surface area contributed by atoms with Gasteiger partial charge in [0.05, 0.1) is 18.6 Å². The quantitative estimate of drug-likeness (QED) is 0.730. The molecule has 0 saturated heterocycles.